The third-order valence-corrected chi connectivity index (χ3v) is 6.40. The first-order chi connectivity index (χ1) is 15.1. The largest absolute Gasteiger partial charge is 0.463 e. The lowest BCUT2D eigenvalue weighted by Crippen LogP contribution is -2.38. The van der Waals surface area contributed by atoms with Crippen molar-refractivity contribution in [3.63, 3.8) is 0 Å². The van der Waals surface area contributed by atoms with Crippen molar-refractivity contribution in [3.8, 4) is 11.3 Å². The van der Waals surface area contributed by atoms with E-state index in [0.717, 1.165) is 5.70 Å². The quantitative estimate of drug-likeness (QED) is 0.518. The summed E-state index contributed by atoms with van der Waals surface area (Å²) in [4.78, 5) is 26.2. The smallest absolute Gasteiger partial charge is 0.336 e. The van der Waals surface area contributed by atoms with Gasteiger partial charge in [0.2, 0.25) is 0 Å². The number of Topliss-reactive ketones (excluding diaryl/α,β-unsaturated/α-hetero) is 1. The van der Waals surface area contributed by atoms with E-state index in [0.29, 0.717) is 56.8 Å². The second-order valence-electron chi connectivity index (χ2n) is 8.98. The molecule has 0 spiro atoms. The monoisotopic (exact) mass is 473 g/mol. The van der Waals surface area contributed by atoms with Gasteiger partial charge in [0.05, 0.1) is 23.1 Å². The fourth-order valence-corrected chi connectivity index (χ4v) is 4.92. The Kier molecular flexibility index (Phi) is 5.99. The van der Waals surface area contributed by atoms with Crippen molar-refractivity contribution >= 4 is 35.0 Å². The van der Waals surface area contributed by atoms with Crippen molar-refractivity contribution in [2.45, 2.75) is 46.5 Å². The van der Waals surface area contributed by atoms with E-state index in [1.54, 1.807) is 37.3 Å². The molecule has 1 aliphatic heterocycles. The Morgan fingerprint density at radius 1 is 1.22 bits per heavy atom. The van der Waals surface area contributed by atoms with E-state index < -0.39 is 11.9 Å². The van der Waals surface area contributed by atoms with Crippen LogP contribution in [0.15, 0.2) is 57.3 Å². The van der Waals surface area contributed by atoms with Gasteiger partial charge in [0.25, 0.3) is 0 Å². The topological polar surface area (TPSA) is 68.5 Å². The van der Waals surface area contributed by atoms with E-state index in [1.165, 1.54) is 0 Å². The fraction of sp³-hybridized carbons (Fsp3) is 0.360. The summed E-state index contributed by atoms with van der Waals surface area (Å²) in [5, 5.41) is 4.33. The minimum absolute atomic E-state index is 0.00165. The number of ketones is 1. The average Bonchev–Trinajstić information content (AvgIpc) is 3.17. The van der Waals surface area contributed by atoms with Crippen LogP contribution in [0.3, 0.4) is 0 Å². The highest BCUT2D eigenvalue weighted by molar-refractivity contribution is 6.35. The lowest BCUT2D eigenvalue weighted by Gasteiger charge is -2.38. The molecule has 1 N–H and O–H groups in total. The Bertz CT molecular complexity index is 1170. The Hall–Kier alpha value is -2.50. The zero-order valence-electron chi connectivity index (χ0n) is 18.5. The molecule has 0 saturated heterocycles. The third kappa shape index (κ3) is 4.12. The number of benzene rings is 1. The van der Waals surface area contributed by atoms with Crippen molar-refractivity contribution in [3.05, 3.63) is 68.7 Å². The summed E-state index contributed by atoms with van der Waals surface area (Å²) in [5.41, 5.74) is 2.92. The zero-order valence-corrected chi connectivity index (χ0v) is 20.0. The van der Waals surface area contributed by atoms with Crippen LogP contribution in [-0.4, -0.2) is 18.4 Å². The molecule has 2 aromatic rings. The van der Waals surface area contributed by atoms with Crippen LogP contribution < -0.4 is 5.32 Å². The van der Waals surface area contributed by atoms with E-state index in [4.69, 9.17) is 32.4 Å². The van der Waals surface area contributed by atoms with Gasteiger partial charge in [-0.1, -0.05) is 37.0 Å². The molecule has 1 aromatic carbocycles. The molecule has 168 valence electrons. The number of hydrogen-bond donors (Lipinski definition) is 1. The predicted molar refractivity (Wildman–Crippen MR) is 124 cm³/mol. The SMILES string of the molecule is CCOC(=O)C1=C(C)NC2=C(C(=O)CC(C)(C)C2)[C@@H]1c1ccc(-c2cc(Cl)ccc2Cl)o1. The molecular formula is C25H25Cl2NO4. The van der Waals surface area contributed by atoms with E-state index in [9.17, 15) is 9.59 Å². The molecule has 0 bridgehead atoms. The summed E-state index contributed by atoms with van der Waals surface area (Å²) in [6.07, 6.45) is 1.10. The first-order valence-electron chi connectivity index (χ1n) is 10.6. The van der Waals surface area contributed by atoms with Gasteiger partial charge in [-0.25, -0.2) is 4.79 Å². The van der Waals surface area contributed by atoms with Crippen molar-refractivity contribution in [2.24, 2.45) is 5.41 Å². The van der Waals surface area contributed by atoms with Crippen LogP contribution in [-0.2, 0) is 14.3 Å². The number of halogens is 2. The van der Waals surface area contributed by atoms with Gasteiger partial charge < -0.3 is 14.5 Å². The maximum absolute atomic E-state index is 13.3. The second kappa shape index (κ2) is 8.45. The van der Waals surface area contributed by atoms with E-state index in [1.807, 2.05) is 6.92 Å². The Balaban J connectivity index is 1.86. The van der Waals surface area contributed by atoms with Crippen LogP contribution in [0.5, 0.6) is 0 Å². The predicted octanol–water partition coefficient (Wildman–Crippen LogP) is 6.42. The number of furan rings is 1. The maximum atomic E-state index is 13.3. The van der Waals surface area contributed by atoms with Gasteiger partial charge in [-0.3, -0.25) is 4.79 Å². The van der Waals surface area contributed by atoms with Crippen LogP contribution in [0, 0.1) is 5.41 Å². The number of carbonyl (C=O) groups excluding carboxylic acids is 2. The number of esters is 1. The molecule has 1 aromatic heterocycles. The van der Waals surface area contributed by atoms with Crippen LogP contribution in [0.1, 0.15) is 52.2 Å². The number of ether oxygens (including phenoxy) is 1. The Labute approximate surface area is 197 Å². The number of hydrogen-bond acceptors (Lipinski definition) is 5. The molecule has 4 rings (SSSR count). The third-order valence-electron chi connectivity index (χ3n) is 5.84. The summed E-state index contributed by atoms with van der Waals surface area (Å²) in [6.45, 7) is 7.95. The Morgan fingerprint density at radius 2 is 1.97 bits per heavy atom. The van der Waals surface area contributed by atoms with E-state index in [2.05, 4.69) is 19.2 Å². The maximum Gasteiger partial charge on any atom is 0.336 e. The first-order valence-corrected chi connectivity index (χ1v) is 11.3. The van der Waals surface area contributed by atoms with Crippen LogP contribution in [0.2, 0.25) is 10.0 Å². The molecule has 2 heterocycles. The highest BCUT2D eigenvalue weighted by atomic mass is 35.5. The van der Waals surface area contributed by atoms with Gasteiger partial charge in [-0.15, -0.1) is 0 Å². The van der Waals surface area contributed by atoms with Gasteiger partial charge in [0.15, 0.2) is 5.78 Å². The molecule has 2 aliphatic rings. The molecule has 0 saturated carbocycles. The highest BCUT2D eigenvalue weighted by Gasteiger charge is 2.44. The molecule has 7 heteroatoms. The molecule has 0 amide bonds. The normalized spacial score (nSPS) is 20.2. The van der Waals surface area contributed by atoms with Gasteiger partial charge in [-0.05, 0) is 56.0 Å². The highest BCUT2D eigenvalue weighted by Crippen LogP contribution is 2.47. The van der Waals surface area contributed by atoms with Crippen LogP contribution in [0.25, 0.3) is 11.3 Å². The minimum Gasteiger partial charge on any atom is -0.463 e. The van der Waals surface area contributed by atoms with Crippen molar-refractivity contribution < 1.29 is 18.7 Å². The lowest BCUT2D eigenvalue weighted by atomic mass is 9.69. The molecule has 5 nitrogen and oxygen atoms in total. The number of nitrogens with one attached hydrogen (secondary N) is 1. The summed E-state index contributed by atoms with van der Waals surface area (Å²) >= 11 is 12.5. The van der Waals surface area contributed by atoms with Crippen LogP contribution in [0.4, 0.5) is 0 Å². The molecule has 0 radical (unpaired) electrons. The summed E-state index contributed by atoms with van der Waals surface area (Å²) in [7, 11) is 0. The second-order valence-corrected chi connectivity index (χ2v) is 9.82. The summed E-state index contributed by atoms with van der Waals surface area (Å²) in [6, 6.07) is 8.69. The van der Waals surface area contributed by atoms with Gasteiger partial charge in [0, 0.05) is 34.0 Å². The standard InChI is InChI=1S/C25H25Cl2NO4/c1-5-31-24(30)21-13(2)28-17-11-25(3,4)12-18(29)22(17)23(21)20-9-8-19(32-20)15-10-14(26)6-7-16(15)27/h6-10,23,28H,5,11-12H2,1-4H3/t23-/m1/s1. The molecule has 1 aliphatic carbocycles. The van der Waals surface area contributed by atoms with E-state index in [-0.39, 0.29) is 17.8 Å². The van der Waals surface area contributed by atoms with Crippen molar-refractivity contribution in [1.82, 2.24) is 5.32 Å². The molecule has 0 unspecified atom stereocenters. The summed E-state index contributed by atoms with van der Waals surface area (Å²) < 4.78 is 11.5. The van der Waals surface area contributed by atoms with Gasteiger partial charge >= 0.3 is 5.97 Å². The molecule has 1 atom stereocenters. The number of rotatable bonds is 4. The lowest BCUT2D eigenvalue weighted by molar-refractivity contribution is -0.138. The Morgan fingerprint density at radius 3 is 2.69 bits per heavy atom. The molecular weight excluding hydrogens is 449 g/mol. The molecule has 0 fully saturated rings. The van der Waals surface area contributed by atoms with Gasteiger partial charge in [-0.2, -0.15) is 0 Å². The number of dihydropyridines is 1. The van der Waals surface area contributed by atoms with Crippen molar-refractivity contribution in [1.29, 1.82) is 0 Å². The minimum atomic E-state index is -0.652. The summed E-state index contributed by atoms with van der Waals surface area (Å²) in [5.74, 6) is -0.119. The number of carbonyl (C=O) groups is 2. The first kappa shape index (κ1) is 22.7. The van der Waals surface area contributed by atoms with Crippen molar-refractivity contribution in [2.75, 3.05) is 6.61 Å². The number of allylic oxidation sites excluding steroid dienone is 3. The molecule has 32 heavy (non-hydrogen) atoms. The average molecular weight is 474 g/mol. The zero-order chi connectivity index (χ0) is 23.2. The fourth-order valence-electron chi connectivity index (χ4n) is 4.54. The van der Waals surface area contributed by atoms with Gasteiger partial charge in [0.1, 0.15) is 11.5 Å². The van der Waals surface area contributed by atoms with E-state index >= 15 is 0 Å². The van der Waals surface area contributed by atoms with Crippen LogP contribution >= 0.6 is 23.2 Å².